The number of aromatic hydroxyl groups is 1. The number of phenolic OH excluding ortho intramolecular Hbond substituents is 1. The van der Waals surface area contributed by atoms with Crippen molar-refractivity contribution in [2.75, 3.05) is 13.7 Å². The second-order valence-corrected chi connectivity index (χ2v) is 7.88. The molecule has 1 aromatic carbocycles. The number of methoxy groups -OCH3 is 1. The van der Waals surface area contributed by atoms with E-state index in [9.17, 15) is 9.90 Å². The molecule has 2 atom stereocenters. The highest BCUT2D eigenvalue weighted by molar-refractivity contribution is 5.55. The van der Waals surface area contributed by atoms with Gasteiger partial charge in [0.05, 0.1) is 7.11 Å². The Bertz CT molecular complexity index is 608. The second-order valence-electron chi connectivity index (χ2n) is 7.88. The molecule has 2 unspecified atom stereocenters. The number of hydrogen-bond donors (Lipinski definition) is 2. The molecule has 0 amide bonds. The molecule has 2 N–H and O–H groups in total. The van der Waals surface area contributed by atoms with E-state index in [2.05, 4.69) is 25.2 Å². The molecule has 1 saturated carbocycles. The number of benzene rings is 1. The van der Waals surface area contributed by atoms with Gasteiger partial charge in [-0.3, -0.25) is 0 Å². The molecular weight excluding hydrogens is 350 g/mol. The molecule has 1 fully saturated rings. The van der Waals surface area contributed by atoms with Crippen LogP contribution in [0.25, 0.3) is 0 Å². The quantitative estimate of drug-likeness (QED) is 0.623. The van der Waals surface area contributed by atoms with Crippen LogP contribution in [0.4, 0.5) is 0 Å². The Balaban J connectivity index is 0.000000921. The third kappa shape index (κ3) is 5.50. The van der Waals surface area contributed by atoms with Crippen LogP contribution >= 0.6 is 0 Å². The van der Waals surface area contributed by atoms with Crippen LogP contribution in [0.2, 0.25) is 0 Å². The van der Waals surface area contributed by atoms with Crippen molar-refractivity contribution in [1.29, 1.82) is 0 Å². The average molecular weight is 392 g/mol. The van der Waals surface area contributed by atoms with Crippen LogP contribution in [0, 0.1) is 11.8 Å². The Morgan fingerprint density at radius 1 is 1.21 bits per heavy atom. The highest BCUT2D eigenvalue weighted by atomic mass is 16.5. The molecule has 0 heterocycles. The summed E-state index contributed by atoms with van der Waals surface area (Å²) in [5.74, 6) is 1.93. The van der Waals surface area contributed by atoms with Crippen LogP contribution in [0.1, 0.15) is 78.4 Å². The molecule has 2 aliphatic carbocycles. The van der Waals surface area contributed by atoms with Gasteiger partial charge in [-0.1, -0.05) is 47.6 Å². The molecular formula is C24H41NO3. The Hall–Kier alpha value is -1.55. The predicted octanol–water partition coefficient (Wildman–Crippen LogP) is 5.25. The summed E-state index contributed by atoms with van der Waals surface area (Å²) in [5, 5.41) is 14.5. The Kier molecular flexibility index (Phi) is 10.0. The first-order valence-corrected chi connectivity index (χ1v) is 11.0. The van der Waals surface area contributed by atoms with Crippen LogP contribution < -0.4 is 10.1 Å². The van der Waals surface area contributed by atoms with Crippen molar-refractivity contribution in [3.8, 4) is 11.5 Å². The van der Waals surface area contributed by atoms with Crippen molar-refractivity contribution in [3.63, 3.8) is 0 Å². The van der Waals surface area contributed by atoms with Crippen LogP contribution in [0.3, 0.4) is 0 Å². The van der Waals surface area contributed by atoms with E-state index in [4.69, 9.17) is 4.74 Å². The van der Waals surface area contributed by atoms with Crippen molar-refractivity contribution in [3.05, 3.63) is 23.3 Å². The number of fused-ring (bicyclic) bond motifs is 1. The smallest absolute Gasteiger partial charge is 0.161 e. The third-order valence-electron chi connectivity index (χ3n) is 5.91. The standard InChI is InChI=1S/C20H29NO3.2C2H6/c1-20(2)15(5-4-10-22)16(21-12-13-6-7-13)11-14-8-9-17(24-3)19(23)18(14)20;2*1-2/h8-10,13,15-16,21,23H,4-7,11-12H2,1-3H3;2*1-2H3. The van der Waals surface area contributed by atoms with Crippen molar-refractivity contribution in [2.45, 2.75) is 85.1 Å². The van der Waals surface area contributed by atoms with Gasteiger partial charge in [0.15, 0.2) is 11.5 Å². The summed E-state index contributed by atoms with van der Waals surface area (Å²) in [6, 6.07) is 4.28. The monoisotopic (exact) mass is 391 g/mol. The number of carbonyl (C=O) groups excluding carboxylic acids is 1. The molecule has 4 heteroatoms. The summed E-state index contributed by atoms with van der Waals surface area (Å²) in [7, 11) is 1.58. The maximum atomic E-state index is 11.0. The summed E-state index contributed by atoms with van der Waals surface area (Å²) < 4.78 is 5.31. The fourth-order valence-corrected chi connectivity index (χ4v) is 4.40. The molecule has 1 aromatic rings. The van der Waals surface area contributed by atoms with Crippen molar-refractivity contribution in [2.24, 2.45) is 11.8 Å². The Morgan fingerprint density at radius 3 is 2.39 bits per heavy atom. The maximum Gasteiger partial charge on any atom is 0.161 e. The molecule has 2 aliphatic rings. The van der Waals surface area contributed by atoms with E-state index >= 15 is 0 Å². The second kappa shape index (κ2) is 11.5. The van der Waals surface area contributed by atoms with Crippen molar-refractivity contribution in [1.82, 2.24) is 5.32 Å². The number of rotatable bonds is 7. The van der Waals surface area contributed by atoms with Gasteiger partial charge < -0.3 is 20.0 Å². The highest BCUT2D eigenvalue weighted by Crippen LogP contribution is 2.49. The van der Waals surface area contributed by atoms with Gasteiger partial charge in [0.25, 0.3) is 0 Å². The summed E-state index contributed by atoms with van der Waals surface area (Å²) in [4.78, 5) is 11.0. The molecule has 4 nitrogen and oxygen atoms in total. The van der Waals surface area contributed by atoms with Crippen molar-refractivity contribution < 1.29 is 14.6 Å². The SMILES string of the molecule is CC.CC.COc1ccc2c(c1O)C(C)(C)C(CCC=O)C(NCC1CC1)C2. The first-order valence-electron chi connectivity index (χ1n) is 11.0. The normalized spacial score (nSPS) is 22.0. The largest absolute Gasteiger partial charge is 0.504 e. The zero-order chi connectivity index (χ0) is 21.3. The zero-order valence-electron chi connectivity index (χ0n) is 19.0. The van der Waals surface area contributed by atoms with E-state index < -0.39 is 0 Å². The molecule has 0 spiro atoms. The molecule has 0 radical (unpaired) electrons. The summed E-state index contributed by atoms with van der Waals surface area (Å²) in [5.41, 5.74) is 1.97. The van der Waals surface area contributed by atoms with E-state index in [0.29, 0.717) is 24.1 Å². The number of carbonyl (C=O) groups is 1. The Labute approximate surface area is 172 Å². The predicted molar refractivity (Wildman–Crippen MR) is 117 cm³/mol. The van der Waals surface area contributed by atoms with Crippen LogP contribution in [-0.2, 0) is 16.6 Å². The third-order valence-corrected chi connectivity index (χ3v) is 5.91. The lowest BCUT2D eigenvalue weighted by atomic mass is 9.61. The van der Waals surface area contributed by atoms with E-state index in [0.717, 1.165) is 37.2 Å². The zero-order valence-corrected chi connectivity index (χ0v) is 19.0. The molecule has 0 saturated heterocycles. The lowest BCUT2D eigenvalue weighted by molar-refractivity contribution is -0.108. The molecule has 0 aliphatic heterocycles. The number of aldehydes is 1. The molecule has 28 heavy (non-hydrogen) atoms. The highest BCUT2D eigenvalue weighted by Gasteiger charge is 2.44. The Morgan fingerprint density at radius 2 is 1.86 bits per heavy atom. The van der Waals surface area contributed by atoms with Gasteiger partial charge in [0.2, 0.25) is 0 Å². The minimum absolute atomic E-state index is 0.212. The van der Waals surface area contributed by atoms with E-state index in [-0.39, 0.29) is 11.2 Å². The summed E-state index contributed by atoms with van der Waals surface area (Å²) in [6.07, 6.45) is 5.97. The van der Waals surface area contributed by atoms with Gasteiger partial charge in [0, 0.05) is 18.0 Å². The van der Waals surface area contributed by atoms with E-state index in [1.54, 1.807) is 7.11 Å². The average Bonchev–Trinajstić information content (AvgIpc) is 3.53. The first-order chi connectivity index (χ1) is 13.5. The number of phenols is 1. The van der Waals surface area contributed by atoms with Gasteiger partial charge in [0.1, 0.15) is 6.29 Å². The lowest BCUT2D eigenvalue weighted by Gasteiger charge is -2.46. The lowest BCUT2D eigenvalue weighted by Crippen LogP contribution is -2.50. The van der Waals surface area contributed by atoms with Crippen LogP contribution in [-0.4, -0.2) is 31.1 Å². The number of hydrogen-bond acceptors (Lipinski definition) is 4. The van der Waals surface area contributed by atoms with Gasteiger partial charge in [-0.05, 0) is 61.1 Å². The van der Waals surface area contributed by atoms with E-state index in [1.807, 2.05) is 33.8 Å². The fraction of sp³-hybridized carbons (Fsp3) is 0.708. The molecule has 0 bridgehead atoms. The van der Waals surface area contributed by atoms with Gasteiger partial charge in [-0.25, -0.2) is 0 Å². The first kappa shape index (κ1) is 24.5. The fourth-order valence-electron chi connectivity index (χ4n) is 4.40. The summed E-state index contributed by atoms with van der Waals surface area (Å²) in [6.45, 7) is 13.4. The number of ether oxygens (including phenoxy) is 1. The summed E-state index contributed by atoms with van der Waals surface area (Å²) >= 11 is 0. The molecule has 0 aromatic heterocycles. The molecule has 160 valence electrons. The topological polar surface area (TPSA) is 58.6 Å². The van der Waals surface area contributed by atoms with Crippen molar-refractivity contribution >= 4 is 6.29 Å². The van der Waals surface area contributed by atoms with Gasteiger partial charge in [-0.2, -0.15) is 0 Å². The van der Waals surface area contributed by atoms with Gasteiger partial charge >= 0.3 is 0 Å². The molecule has 3 rings (SSSR count). The maximum absolute atomic E-state index is 11.0. The minimum atomic E-state index is -0.212. The van der Waals surface area contributed by atoms with Gasteiger partial charge in [-0.15, -0.1) is 0 Å². The van der Waals surface area contributed by atoms with Crippen LogP contribution in [0.5, 0.6) is 11.5 Å². The van der Waals surface area contributed by atoms with E-state index in [1.165, 1.54) is 18.4 Å². The van der Waals surface area contributed by atoms with Crippen LogP contribution in [0.15, 0.2) is 12.1 Å². The number of nitrogens with one attached hydrogen (secondary N) is 1. The minimum Gasteiger partial charge on any atom is -0.504 e.